The predicted molar refractivity (Wildman–Crippen MR) is 140 cm³/mol. The van der Waals surface area contributed by atoms with E-state index >= 15 is 0 Å². The molecule has 0 spiro atoms. The van der Waals surface area contributed by atoms with Gasteiger partial charge in [-0.1, -0.05) is 57.2 Å². The number of Topliss-reactive ketones (excluding diaryl/α,β-unsaturated/α-hetero) is 1. The first kappa shape index (κ1) is 25.1. The largest absolute Gasteiger partial charge is 0.326 e. The fourth-order valence-corrected chi connectivity index (χ4v) is 4.79. The Morgan fingerprint density at radius 3 is 2.29 bits per heavy atom. The maximum atomic E-state index is 12.9. The zero-order chi connectivity index (χ0) is 24.8. The van der Waals surface area contributed by atoms with Crippen molar-refractivity contribution in [2.24, 2.45) is 5.41 Å². The molecule has 4 rings (SSSR count). The number of para-hydroxylation sites is 1. The van der Waals surface area contributed by atoms with Crippen molar-refractivity contribution < 1.29 is 9.59 Å². The van der Waals surface area contributed by atoms with Gasteiger partial charge in [0.15, 0.2) is 16.8 Å². The Kier molecular flexibility index (Phi) is 8.03. The van der Waals surface area contributed by atoms with Crippen molar-refractivity contribution in [1.29, 1.82) is 0 Å². The Morgan fingerprint density at radius 2 is 1.63 bits per heavy atom. The molecule has 1 aliphatic heterocycles. The van der Waals surface area contributed by atoms with Gasteiger partial charge in [-0.3, -0.25) is 19.1 Å². The summed E-state index contributed by atoms with van der Waals surface area (Å²) in [5, 5.41) is 12.5. The van der Waals surface area contributed by atoms with Crippen LogP contribution in [0.1, 0.15) is 56.2 Å². The van der Waals surface area contributed by atoms with Crippen LogP contribution >= 0.6 is 11.8 Å². The van der Waals surface area contributed by atoms with Crippen LogP contribution in [0.3, 0.4) is 0 Å². The summed E-state index contributed by atoms with van der Waals surface area (Å²) < 4.78 is 2.07. The Balaban J connectivity index is 1.45. The average molecular weight is 492 g/mol. The molecule has 1 saturated heterocycles. The molecule has 8 heteroatoms. The number of likely N-dealkylation sites (tertiary alicyclic amines) is 1. The minimum absolute atomic E-state index is 0.00360. The summed E-state index contributed by atoms with van der Waals surface area (Å²) in [4.78, 5) is 27.5. The van der Waals surface area contributed by atoms with Gasteiger partial charge < -0.3 is 5.32 Å². The van der Waals surface area contributed by atoms with Gasteiger partial charge in [-0.25, -0.2) is 0 Å². The molecule has 1 aromatic heterocycles. The first-order chi connectivity index (χ1) is 16.8. The summed E-state index contributed by atoms with van der Waals surface area (Å²) in [7, 11) is 0. The molecule has 1 fully saturated rings. The maximum Gasteiger partial charge on any atom is 0.229 e. The number of rotatable bonds is 8. The van der Waals surface area contributed by atoms with Gasteiger partial charge in [0.2, 0.25) is 5.91 Å². The minimum atomic E-state index is -0.479. The fraction of sp³-hybridized carbons (Fsp3) is 0.407. The second kappa shape index (κ2) is 11.2. The number of hydrogen-bond acceptors (Lipinski definition) is 6. The molecule has 7 nitrogen and oxygen atoms in total. The molecule has 1 aliphatic rings. The lowest BCUT2D eigenvalue weighted by atomic mass is 9.95. The Labute approximate surface area is 211 Å². The molecular formula is C27H33N5O2S. The number of ketones is 1. The van der Waals surface area contributed by atoms with Gasteiger partial charge >= 0.3 is 0 Å². The van der Waals surface area contributed by atoms with Crippen molar-refractivity contribution in [2.75, 3.05) is 24.2 Å². The molecule has 0 unspecified atom stereocenters. The predicted octanol–water partition coefficient (Wildman–Crippen LogP) is 5.21. The zero-order valence-electron chi connectivity index (χ0n) is 20.7. The Morgan fingerprint density at radius 1 is 0.943 bits per heavy atom. The number of amides is 1. The summed E-state index contributed by atoms with van der Waals surface area (Å²) >= 11 is 1.40. The standard InChI is InChI=1S/C27H33N5O2S/c1-27(2,3)25(34)28-21-14-12-20(13-15-21)23(33)19-35-26-30-29-24(18-31-16-8-5-9-17-31)32(26)22-10-6-4-7-11-22/h4,6-7,10-15H,5,8-9,16-19H2,1-3H3,(H,28,34). The number of carbonyl (C=O) groups is 2. The van der Waals surface area contributed by atoms with Crippen LogP contribution in [-0.4, -0.2) is 50.2 Å². The van der Waals surface area contributed by atoms with Crippen LogP contribution in [0.5, 0.6) is 0 Å². The van der Waals surface area contributed by atoms with Crippen LogP contribution in [0, 0.1) is 5.41 Å². The van der Waals surface area contributed by atoms with E-state index in [9.17, 15) is 9.59 Å². The van der Waals surface area contributed by atoms with E-state index in [1.54, 1.807) is 24.3 Å². The first-order valence-corrected chi connectivity index (χ1v) is 13.1. The van der Waals surface area contributed by atoms with Gasteiger partial charge in [0.25, 0.3) is 0 Å². The molecule has 3 aromatic rings. The van der Waals surface area contributed by atoms with E-state index in [0.29, 0.717) is 16.4 Å². The molecule has 2 heterocycles. The van der Waals surface area contributed by atoms with Crippen LogP contribution in [0.15, 0.2) is 59.8 Å². The van der Waals surface area contributed by atoms with Crippen LogP contribution in [-0.2, 0) is 11.3 Å². The van der Waals surface area contributed by atoms with Gasteiger partial charge in [0, 0.05) is 22.4 Å². The van der Waals surface area contributed by atoms with Crippen molar-refractivity contribution >= 4 is 29.1 Å². The van der Waals surface area contributed by atoms with Crippen molar-refractivity contribution in [3.63, 3.8) is 0 Å². The third-order valence-electron chi connectivity index (χ3n) is 6.01. The van der Waals surface area contributed by atoms with Gasteiger partial charge in [-0.05, 0) is 62.3 Å². The number of thioether (sulfide) groups is 1. The molecule has 0 saturated carbocycles. The quantitative estimate of drug-likeness (QED) is 0.344. The Hall–Kier alpha value is -2.97. The molecule has 0 aliphatic carbocycles. The number of piperidine rings is 1. The van der Waals surface area contributed by atoms with Crippen LogP contribution in [0.4, 0.5) is 5.69 Å². The van der Waals surface area contributed by atoms with Gasteiger partial charge in [-0.2, -0.15) is 0 Å². The maximum absolute atomic E-state index is 12.9. The number of hydrogen-bond donors (Lipinski definition) is 1. The molecule has 0 atom stereocenters. The monoisotopic (exact) mass is 491 g/mol. The molecule has 2 aromatic carbocycles. The molecule has 184 valence electrons. The normalized spacial score (nSPS) is 14.6. The Bertz CT molecular complexity index is 1150. The fourth-order valence-electron chi connectivity index (χ4n) is 3.92. The average Bonchev–Trinajstić information content (AvgIpc) is 3.25. The second-order valence-corrected chi connectivity index (χ2v) is 10.8. The molecule has 1 N–H and O–H groups in total. The molecule has 35 heavy (non-hydrogen) atoms. The lowest BCUT2D eigenvalue weighted by molar-refractivity contribution is -0.123. The third-order valence-corrected chi connectivity index (χ3v) is 6.94. The summed E-state index contributed by atoms with van der Waals surface area (Å²) in [5.41, 5.74) is 1.80. The number of nitrogens with one attached hydrogen (secondary N) is 1. The highest BCUT2D eigenvalue weighted by molar-refractivity contribution is 7.99. The van der Waals surface area contributed by atoms with E-state index in [0.717, 1.165) is 31.1 Å². The van der Waals surface area contributed by atoms with Crippen LogP contribution in [0.2, 0.25) is 0 Å². The summed E-state index contributed by atoms with van der Waals surface area (Å²) in [5.74, 6) is 1.09. The zero-order valence-corrected chi connectivity index (χ0v) is 21.5. The third kappa shape index (κ3) is 6.58. The van der Waals surface area contributed by atoms with Crippen molar-refractivity contribution in [2.45, 2.75) is 51.7 Å². The summed E-state index contributed by atoms with van der Waals surface area (Å²) in [6.45, 7) is 8.50. The van der Waals surface area contributed by atoms with Gasteiger partial charge in [0.05, 0.1) is 12.3 Å². The van der Waals surface area contributed by atoms with E-state index in [4.69, 9.17) is 0 Å². The molecule has 0 bridgehead atoms. The van der Waals surface area contributed by atoms with E-state index in [-0.39, 0.29) is 17.4 Å². The highest BCUT2D eigenvalue weighted by atomic mass is 32.2. The van der Waals surface area contributed by atoms with Crippen molar-refractivity contribution in [1.82, 2.24) is 19.7 Å². The van der Waals surface area contributed by atoms with Crippen molar-refractivity contribution in [3.05, 3.63) is 66.0 Å². The smallest absolute Gasteiger partial charge is 0.229 e. The lowest BCUT2D eigenvalue weighted by Gasteiger charge is -2.26. The first-order valence-electron chi connectivity index (χ1n) is 12.1. The van der Waals surface area contributed by atoms with Crippen LogP contribution < -0.4 is 5.32 Å². The van der Waals surface area contributed by atoms with E-state index in [1.165, 1.54) is 31.0 Å². The molecular weight excluding hydrogens is 458 g/mol. The van der Waals surface area contributed by atoms with Crippen molar-refractivity contribution in [3.8, 4) is 5.69 Å². The minimum Gasteiger partial charge on any atom is -0.326 e. The topological polar surface area (TPSA) is 80.1 Å². The molecule has 0 radical (unpaired) electrons. The lowest BCUT2D eigenvalue weighted by Crippen LogP contribution is -2.30. The molecule has 1 amide bonds. The van der Waals surface area contributed by atoms with Gasteiger partial charge in [-0.15, -0.1) is 10.2 Å². The van der Waals surface area contributed by atoms with Crippen LogP contribution in [0.25, 0.3) is 5.69 Å². The second-order valence-electron chi connectivity index (χ2n) is 9.90. The van der Waals surface area contributed by atoms with E-state index in [2.05, 4.69) is 25.0 Å². The number of anilines is 1. The number of benzene rings is 2. The van der Waals surface area contributed by atoms with E-state index < -0.39 is 5.41 Å². The van der Waals surface area contributed by atoms with E-state index in [1.807, 2.05) is 51.1 Å². The highest BCUT2D eigenvalue weighted by Crippen LogP contribution is 2.25. The number of nitrogens with zero attached hydrogens (tertiary/aromatic N) is 4. The SMILES string of the molecule is CC(C)(C)C(=O)Nc1ccc(C(=O)CSc2nnc(CN3CCCCC3)n2-c2ccccc2)cc1. The number of carbonyl (C=O) groups excluding carboxylic acids is 2. The summed E-state index contributed by atoms with van der Waals surface area (Å²) in [6, 6.07) is 17.1. The highest BCUT2D eigenvalue weighted by Gasteiger charge is 2.22. The van der Waals surface area contributed by atoms with Gasteiger partial charge in [0.1, 0.15) is 0 Å². The number of aromatic nitrogens is 3. The summed E-state index contributed by atoms with van der Waals surface area (Å²) in [6.07, 6.45) is 3.72.